The molecule has 5 nitrogen and oxygen atoms in total. The average molecular weight is 285 g/mol. The van der Waals surface area contributed by atoms with Crippen molar-refractivity contribution >= 4 is 17.4 Å². The van der Waals surface area contributed by atoms with Crippen molar-refractivity contribution < 1.29 is 9.53 Å². The van der Waals surface area contributed by atoms with E-state index in [4.69, 9.17) is 4.74 Å². The molecule has 2 aromatic carbocycles. The molecule has 0 aliphatic carbocycles. The summed E-state index contributed by atoms with van der Waals surface area (Å²) < 4.78 is 5.19. The van der Waals surface area contributed by atoms with E-state index in [0.29, 0.717) is 11.4 Å². The van der Waals surface area contributed by atoms with Crippen molar-refractivity contribution in [2.24, 2.45) is 0 Å². The molecule has 21 heavy (non-hydrogen) atoms. The van der Waals surface area contributed by atoms with E-state index < -0.39 is 0 Å². The minimum atomic E-state index is -0.305. The Hall–Kier alpha value is -2.53. The summed E-state index contributed by atoms with van der Waals surface area (Å²) in [5.41, 5.74) is 2.53. The second kappa shape index (κ2) is 7.31. The van der Waals surface area contributed by atoms with E-state index in [2.05, 4.69) is 16.0 Å². The van der Waals surface area contributed by atoms with Gasteiger partial charge in [0.05, 0.1) is 12.8 Å². The zero-order valence-corrected chi connectivity index (χ0v) is 12.1. The fraction of sp³-hybridized carbons (Fsp3) is 0.188. The second-order valence-corrected chi connectivity index (χ2v) is 4.51. The molecule has 0 atom stereocenters. The van der Waals surface area contributed by atoms with Crippen molar-refractivity contribution in [1.29, 1.82) is 0 Å². The third kappa shape index (κ3) is 4.22. The summed E-state index contributed by atoms with van der Waals surface area (Å²) >= 11 is 0. The molecule has 0 aliphatic heterocycles. The number of carbonyl (C=O) groups excluding carboxylic acids is 1. The standard InChI is InChI=1S/C16H19N3O2/c1-17-11-12-7-9-13(10-8-12)18-16(20)19-14-5-3-4-6-15(14)21-2/h3-10,17H,11H2,1-2H3,(H2,18,19,20). The van der Waals surface area contributed by atoms with Crippen LogP contribution < -0.4 is 20.7 Å². The zero-order valence-electron chi connectivity index (χ0n) is 12.1. The highest BCUT2D eigenvalue weighted by Gasteiger charge is 2.06. The van der Waals surface area contributed by atoms with E-state index in [1.807, 2.05) is 43.4 Å². The molecule has 0 spiro atoms. The number of benzene rings is 2. The average Bonchev–Trinajstić information content (AvgIpc) is 2.50. The topological polar surface area (TPSA) is 62.4 Å². The summed E-state index contributed by atoms with van der Waals surface area (Å²) in [4.78, 5) is 12.0. The Balaban J connectivity index is 1.98. The summed E-state index contributed by atoms with van der Waals surface area (Å²) in [6.45, 7) is 0.799. The minimum Gasteiger partial charge on any atom is -0.495 e. The molecule has 2 aromatic rings. The van der Waals surface area contributed by atoms with Crippen molar-refractivity contribution in [1.82, 2.24) is 5.32 Å². The molecule has 0 radical (unpaired) electrons. The Kier molecular flexibility index (Phi) is 5.17. The fourth-order valence-corrected chi connectivity index (χ4v) is 1.94. The SMILES string of the molecule is CNCc1ccc(NC(=O)Nc2ccccc2OC)cc1. The van der Waals surface area contributed by atoms with Gasteiger partial charge in [0.2, 0.25) is 0 Å². The maximum absolute atomic E-state index is 12.0. The van der Waals surface area contributed by atoms with E-state index >= 15 is 0 Å². The van der Waals surface area contributed by atoms with Gasteiger partial charge >= 0.3 is 6.03 Å². The number of ether oxygens (including phenoxy) is 1. The van der Waals surface area contributed by atoms with Gasteiger partial charge in [0.15, 0.2) is 0 Å². The summed E-state index contributed by atoms with van der Waals surface area (Å²) in [6, 6.07) is 14.6. The van der Waals surface area contributed by atoms with Crippen LogP contribution in [0.15, 0.2) is 48.5 Å². The van der Waals surface area contributed by atoms with Gasteiger partial charge in [0.25, 0.3) is 0 Å². The van der Waals surface area contributed by atoms with Gasteiger partial charge < -0.3 is 20.7 Å². The number of hydrogen-bond acceptors (Lipinski definition) is 3. The lowest BCUT2D eigenvalue weighted by Crippen LogP contribution is -2.19. The molecule has 0 bridgehead atoms. The normalized spacial score (nSPS) is 10.0. The first-order chi connectivity index (χ1) is 10.2. The van der Waals surface area contributed by atoms with Gasteiger partial charge in [-0.05, 0) is 36.9 Å². The molecule has 0 heterocycles. The number of nitrogens with one attached hydrogen (secondary N) is 3. The van der Waals surface area contributed by atoms with Crippen LogP contribution in [0.25, 0.3) is 0 Å². The number of methoxy groups -OCH3 is 1. The molecule has 0 fully saturated rings. The summed E-state index contributed by atoms with van der Waals surface area (Å²) in [7, 11) is 3.46. The Morgan fingerprint density at radius 3 is 2.43 bits per heavy atom. The van der Waals surface area contributed by atoms with Gasteiger partial charge in [0, 0.05) is 12.2 Å². The van der Waals surface area contributed by atoms with Gasteiger partial charge in [0.1, 0.15) is 5.75 Å². The maximum atomic E-state index is 12.0. The van der Waals surface area contributed by atoms with Crippen molar-refractivity contribution in [3.8, 4) is 5.75 Å². The van der Waals surface area contributed by atoms with E-state index in [9.17, 15) is 4.79 Å². The van der Waals surface area contributed by atoms with Crippen LogP contribution in [0, 0.1) is 0 Å². The van der Waals surface area contributed by atoms with Crippen LogP contribution in [0.4, 0.5) is 16.2 Å². The molecule has 0 unspecified atom stereocenters. The first kappa shape index (κ1) is 14.9. The molecule has 5 heteroatoms. The van der Waals surface area contributed by atoms with Crippen LogP contribution in [-0.4, -0.2) is 20.2 Å². The molecule has 0 saturated carbocycles. The van der Waals surface area contributed by atoms with Crippen LogP contribution >= 0.6 is 0 Å². The molecular weight excluding hydrogens is 266 g/mol. The van der Waals surface area contributed by atoms with Crippen LogP contribution in [0.3, 0.4) is 0 Å². The van der Waals surface area contributed by atoms with Gasteiger partial charge in [-0.15, -0.1) is 0 Å². The summed E-state index contributed by atoms with van der Waals surface area (Å²) in [6.07, 6.45) is 0. The lowest BCUT2D eigenvalue weighted by Gasteiger charge is -2.11. The quantitative estimate of drug-likeness (QED) is 0.791. The van der Waals surface area contributed by atoms with Crippen LogP contribution in [0.1, 0.15) is 5.56 Å². The first-order valence-electron chi connectivity index (χ1n) is 6.67. The molecule has 110 valence electrons. The smallest absolute Gasteiger partial charge is 0.323 e. The number of amides is 2. The molecule has 2 rings (SSSR count). The number of carbonyl (C=O) groups is 1. The number of para-hydroxylation sites is 2. The molecule has 0 saturated heterocycles. The van der Waals surface area contributed by atoms with Crippen LogP contribution in [0.5, 0.6) is 5.75 Å². The monoisotopic (exact) mass is 285 g/mol. The third-order valence-electron chi connectivity index (χ3n) is 2.95. The van der Waals surface area contributed by atoms with Crippen LogP contribution in [0.2, 0.25) is 0 Å². The minimum absolute atomic E-state index is 0.305. The van der Waals surface area contributed by atoms with Gasteiger partial charge in [-0.1, -0.05) is 24.3 Å². The zero-order chi connectivity index (χ0) is 15.1. The molecule has 0 aliphatic rings. The Morgan fingerprint density at radius 2 is 1.76 bits per heavy atom. The fourth-order valence-electron chi connectivity index (χ4n) is 1.94. The van der Waals surface area contributed by atoms with E-state index in [1.165, 1.54) is 0 Å². The maximum Gasteiger partial charge on any atom is 0.323 e. The largest absolute Gasteiger partial charge is 0.495 e. The Labute approximate surface area is 124 Å². The van der Waals surface area contributed by atoms with E-state index in [0.717, 1.165) is 17.8 Å². The van der Waals surface area contributed by atoms with Crippen molar-refractivity contribution in [3.05, 3.63) is 54.1 Å². The highest BCUT2D eigenvalue weighted by atomic mass is 16.5. The molecular formula is C16H19N3O2. The van der Waals surface area contributed by atoms with Crippen molar-refractivity contribution in [2.45, 2.75) is 6.54 Å². The van der Waals surface area contributed by atoms with E-state index in [-0.39, 0.29) is 6.03 Å². The third-order valence-corrected chi connectivity index (χ3v) is 2.95. The van der Waals surface area contributed by atoms with Crippen molar-refractivity contribution in [3.63, 3.8) is 0 Å². The number of anilines is 2. The predicted molar refractivity (Wildman–Crippen MR) is 84.8 cm³/mol. The number of urea groups is 1. The summed E-state index contributed by atoms with van der Waals surface area (Å²) in [5, 5.41) is 8.62. The first-order valence-corrected chi connectivity index (χ1v) is 6.67. The Bertz CT molecular complexity index is 597. The molecule has 2 amide bonds. The molecule has 3 N–H and O–H groups in total. The van der Waals surface area contributed by atoms with Gasteiger partial charge in [-0.25, -0.2) is 4.79 Å². The predicted octanol–water partition coefficient (Wildman–Crippen LogP) is 3.06. The highest BCUT2D eigenvalue weighted by Crippen LogP contribution is 2.23. The lowest BCUT2D eigenvalue weighted by atomic mass is 10.2. The number of rotatable bonds is 5. The molecule has 0 aromatic heterocycles. The van der Waals surface area contributed by atoms with Gasteiger partial charge in [-0.3, -0.25) is 0 Å². The highest BCUT2D eigenvalue weighted by molar-refractivity contribution is 6.00. The van der Waals surface area contributed by atoms with Crippen molar-refractivity contribution in [2.75, 3.05) is 24.8 Å². The van der Waals surface area contributed by atoms with E-state index in [1.54, 1.807) is 19.2 Å². The van der Waals surface area contributed by atoms with Gasteiger partial charge in [-0.2, -0.15) is 0 Å². The summed E-state index contributed by atoms with van der Waals surface area (Å²) in [5.74, 6) is 0.622. The van der Waals surface area contributed by atoms with Crippen LogP contribution in [-0.2, 0) is 6.54 Å². The second-order valence-electron chi connectivity index (χ2n) is 4.51. The lowest BCUT2D eigenvalue weighted by molar-refractivity contribution is 0.262. The Morgan fingerprint density at radius 1 is 1.05 bits per heavy atom. The number of hydrogen-bond donors (Lipinski definition) is 3.